The summed E-state index contributed by atoms with van der Waals surface area (Å²) in [5.41, 5.74) is -3.71. The second-order valence-corrected chi connectivity index (χ2v) is 6.74. The van der Waals surface area contributed by atoms with Gasteiger partial charge in [0.05, 0.1) is 17.6 Å². The number of ether oxygens (including phenoxy) is 2. The fourth-order valence-corrected chi connectivity index (χ4v) is 3.82. The van der Waals surface area contributed by atoms with E-state index >= 15 is 0 Å². The second kappa shape index (κ2) is 5.68. The van der Waals surface area contributed by atoms with Gasteiger partial charge in [-0.2, -0.15) is 0 Å². The van der Waals surface area contributed by atoms with E-state index in [4.69, 9.17) is 14.6 Å². The minimum atomic E-state index is -1.65. The van der Waals surface area contributed by atoms with E-state index < -0.39 is 41.1 Å². The van der Waals surface area contributed by atoms with Crippen molar-refractivity contribution in [3.05, 3.63) is 23.8 Å². The molecule has 1 saturated carbocycles. The molecular weight excluding hydrogens is 304 g/mol. The number of allylic oxidation sites excluding steroid dienone is 2. The van der Waals surface area contributed by atoms with Gasteiger partial charge in [-0.1, -0.05) is 6.08 Å². The third kappa shape index (κ3) is 2.43. The van der Waals surface area contributed by atoms with E-state index in [2.05, 4.69) is 0 Å². The third-order valence-electron chi connectivity index (χ3n) is 5.21. The van der Waals surface area contributed by atoms with Crippen molar-refractivity contribution in [1.82, 2.24) is 0 Å². The van der Waals surface area contributed by atoms with Crippen LogP contribution < -0.4 is 0 Å². The first-order valence-corrected chi connectivity index (χ1v) is 7.41. The molecule has 1 heterocycles. The van der Waals surface area contributed by atoms with Crippen LogP contribution in [0.15, 0.2) is 23.8 Å². The first kappa shape index (κ1) is 18.1. The maximum atomic E-state index is 11.3. The second-order valence-electron chi connectivity index (χ2n) is 6.74. The largest absolute Gasteiger partial charge is 0.478 e. The first-order valence-electron chi connectivity index (χ1n) is 7.41. The van der Waals surface area contributed by atoms with Crippen LogP contribution in [0, 0.1) is 5.41 Å². The van der Waals surface area contributed by atoms with Gasteiger partial charge in [0.25, 0.3) is 0 Å². The molecular formula is C16H24O7. The van der Waals surface area contributed by atoms with Crippen LogP contribution in [0.2, 0.25) is 0 Å². The SMILES string of the molecule is COC1OC2(C)CC(O)C(O)C1(C)C2(O)C=CC(C)=CC(=O)O. The Labute approximate surface area is 134 Å². The molecule has 1 saturated heterocycles. The van der Waals surface area contributed by atoms with E-state index in [0.717, 1.165) is 6.08 Å². The summed E-state index contributed by atoms with van der Waals surface area (Å²) in [5.74, 6) is -1.09. The monoisotopic (exact) mass is 328 g/mol. The van der Waals surface area contributed by atoms with Crippen molar-refractivity contribution in [3.63, 3.8) is 0 Å². The third-order valence-corrected chi connectivity index (χ3v) is 5.21. The Bertz CT molecular complexity index is 557. The molecule has 7 nitrogen and oxygen atoms in total. The van der Waals surface area contributed by atoms with Crippen LogP contribution in [0.1, 0.15) is 27.2 Å². The Morgan fingerprint density at radius 2 is 1.96 bits per heavy atom. The Morgan fingerprint density at radius 1 is 1.35 bits per heavy atom. The molecule has 0 aromatic carbocycles. The van der Waals surface area contributed by atoms with Gasteiger partial charge in [-0.15, -0.1) is 0 Å². The van der Waals surface area contributed by atoms with Gasteiger partial charge in [0.2, 0.25) is 0 Å². The number of carbonyl (C=O) groups is 1. The average molecular weight is 328 g/mol. The summed E-state index contributed by atoms with van der Waals surface area (Å²) in [5, 5.41) is 40.7. The standard InChI is InChI=1S/C16H24O7/c1-9(7-11(18)19)5-6-16(21)14(2)8-10(17)12(20)15(16,3)13(22-4)23-14/h5-7,10,12-13,17,20-21H,8H2,1-4H3,(H,18,19). The molecule has 2 bridgehead atoms. The van der Waals surface area contributed by atoms with Gasteiger partial charge < -0.3 is 29.9 Å². The van der Waals surface area contributed by atoms with Crippen LogP contribution in [0.5, 0.6) is 0 Å². The van der Waals surface area contributed by atoms with Crippen molar-refractivity contribution >= 4 is 5.97 Å². The highest BCUT2D eigenvalue weighted by Crippen LogP contribution is 2.60. The van der Waals surface area contributed by atoms with Crippen LogP contribution in [0.3, 0.4) is 0 Å². The van der Waals surface area contributed by atoms with Gasteiger partial charge in [-0.05, 0) is 32.4 Å². The van der Waals surface area contributed by atoms with Gasteiger partial charge in [-0.25, -0.2) is 4.79 Å². The number of fused-ring (bicyclic) bond motifs is 2. The maximum absolute atomic E-state index is 11.3. The number of aliphatic carboxylic acids is 1. The van der Waals surface area contributed by atoms with E-state index in [-0.39, 0.29) is 6.42 Å². The first-order chi connectivity index (χ1) is 10.5. The summed E-state index contributed by atoms with van der Waals surface area (Å²) in [6.07, 6.45) is 0.683. The van der Waals surface area contributed by atoms with Crippen molar-refractivity contribution in [3.8, 4) is 0 Å². The number of aliphatic hydroxyl groups is 3. The summed E-state index contributed by atoms with van der Waals surface area (Å²) in [6, 6.07) is 0. The predicted octanol–water partition coefficient (Wildman–Crippen LogP) is 0.198. The lowest BCUT2D eigenvalue weighted by Gasteiger charge is -2.52. The van der Waals surface area contributed by atoms with Gasteiger partial charge in [0.15, 0.2) is 6.29 Å². The van der Waals surface area contributed by atoms with Crippen LogP contribution in [0.4, 0.5) is 0 Å². The summed E-state index contributed by atoms with van der Waals surface area (Å²) in [6.45, 7) is 4.81. The van der Waals surface area contributed by atoms with Crippen molar-refractivity contribution in [2.45, 2.75) is 56.9 Å². The number of hydrogen-bond donors (Lipinski definition) is 4. The van der Waals surface area contributed by atoms with Crippen molar-refractivity contribution in [2.75, 3.05) is 7.11 Å². The number of hydrogen-bond acceptors (Lipinski definition) is 6. The molecule has 1 aliphatic carbocycles. The van der Waals surface area contributed by atoms with Gasteiger partial charge in [-0.3, -0.25) is 0 Å². The summed E-state index contributed by atoms with van der Waals surface area (Å²) >= 11 is 0. The van der Waals surface area contributed by atoms with E-state index in [0.29, 0.717) is 5.57 Å². The molecule has 0 radical (unpaired) electrons. The van der Waals surface area contributed by atoms with E-state index in [1.807, 2.05) is 0 Å². The molecule has 2 rings (SSSR count). The molecule has 6 unspecified atom stereocenters. The van der Waals surface area contributed by atoms with Crippen LogP contribution >= 0.6 is 0 Å². The fraction of sp³-hybridized carbons (Fsp3) is 0.688. The smallest absolute Gasteiger partial charge is 0.328 e. The van der Waals surface area contributed by atoms with Crippen molar-refractivity contribution < 1.29 is 34.7 Å². The molecule has 0 spiro atoms. The molecule has 0 aromatic rings. The molecule has 0 aromatic heterocycles. The zero-order valence-corrected chi connectivity index (χ0v) is 13.7. The fourth-order valence-electron chi connectivity index (χ4n) is 3.82. The molecule has 23 heavy (non-hydrogen) atoms. The molecule has 0 amide bonds. The number of rotatable bonds is 4. The molecule has 6 atom stereocenters. The molecule has 1 aliphatic heterocycles. The van der Waals surface area contributed by atoms with Gasteiger partial charge in [0.1, 0.15) is 11.2 Å². The zero-order chi connectivity index (χ0) is 17.6. The number of methoxy groups -OCH3 is 1. The van der Waals surface area contributed by atoms with Crippen LogP contribution in [0.25, 0.3) is 0 Å². The maximum Gasteiger partial charge on any atom is 0.328 e. The summed E-state index contributed by atoms with van der Waals surface area (Å²) in [7, 11) is 1.40. The summed E-state index contributed by atoms with van der Waals surface area (Å²) < 4.78 is 11.1. The highest BCUT2D eigenvalue weighted by molar-refractivity contribution is 5.81. The van der Waals surface area contributed by atoms with Crippen LogP contribution in [-0.4, -0.2) is 63.2 Å². The Kier molecular flexibility index (Phi) is 4.47. The molecule has 4 N–H and O–H groups in total. The summed E-state index contributed by atoms with van der Waals surface area (Å²) in [4.78, 5) is 10.7. The van der Waals surface area contributed by atoms with E-state index in [1.54, 1.807) is 20.8 Å². The Hall–Kier alpha value is -1.25. The predicted molar refractivity (Wildman–Crippen MR) is 80.5 cm³/mol. The van der Waals surface area contributed by atoms with E-state index in [9.17, 15) is 20.1 Å². The lowest BCUT2D eigenvalue weighted by atomic mass is 9.57. The minimum Gasteiger partial charge on any atom is -0.478 e. The lowest BCUT2D eigenvalue weighted by Crippen LogP contribution is -2.68. The molecule has 2 aliphatic rings. The Balaban J connectivity index is 2.51. The zero-order valence-electron chi connectivity index (χ0n) is 13.7. The molecule has 2 fully saturated rings. The number of aliphatic hydroxyl groups excluding tert-OH is 2. The average Bonchev–Trinajstić information content (AvgIpc) is 2.57. The lowest BCUT2D eigenvalue weighted by molar-refractivity contribution is -0.204. The molecule has 130 valence electrons. The van der Waals surface area contributed by atoms with E-state index in [1.165, 1.54) is 19.3 Å². The topological polar surface area (TPSA) is 116 Å². The van der Waals surface area contributed by atoms with Crippen molar-refractivity contribution in [2.24, 2.45) is 5.41 Å². The highest BCUT2D eigenvalue weighted by Gasteiger charge is 2.75. The quantitative estimate of drug-likeness (QED) is 0.430. The molecule has 7 heteroatoms. The number of carboxylic acids is 1. The van der Waals surface area contributed by atoms with Gasteiger partial charge in [0, 0.05) is 19.6 Å². The normalized spacial score (nSPS) is 47.3. The van der Waals surface area contributed by atoms with Gasteiger partial charge >= 0.3 is 5.97 Å². The van der Waals surface area contributed by atoms with Crippen LogP contribution in [-0.2, 0) is 14.3 Å². The van der Waals surface area contributed by atoms with Crippen molar-refractivity contribution in [1.29, 1.82) is 0 Å². The highest BCUT2D eigenvalue weighted by atomic mass is 16.7. The number of carboxylic acid groups (broad SMARTS) is 1. The Morgan fingerprint density at radius 3 is 2.48 bits per heavy atom. The minimum absolute atomic E-state index is 0.0200.